The van der Waals surface area contributed by atoms with Gasteiger partial charge >= 0.3 is 0 Å². The molecule has 0 unspecified atom stereocenters. The topological polar surface area (TPSA) is 25.8 Å². The van der Waals surface area contributed by atoms with Crippen molar-refractivity contribution in [2.45, 2.75) is 20.8 Å². The van der Waals surface area contributed by atoms with Crippen molar-refractivity contribution in [2.75, 3.05) is 0 Å². The van der Waals surface area contributed by atoms with Crippen LogP contribution in [0.5, 0.6) is 0 Å². The van der Waals surface area contributed by atoms with Crippen molar-refractivity contribution in [3.05, 3.63) is 58.2 Å². The number of fused-ring (bicyclic) bond motifs is 1. The van der Waals surface area contributed by atoms with Crippen molar-refractivity contribution in [2.24, 2.45) is 0 Å². The summed E-state index contributed by atoms with van der Waals surface area (Å²) in [4.78, 5) is 9.12. The van der Waals surface area contributed by atoms with E-state index in [1.54, 1.807) is 0 Å². The Morgan fingerprint density at radius 3 is 2.30 bits per heavy atom. The molecule has 1 heterocycles. The smallest absolute Gasteiger partial charge is 0.161 e. The lowest BCUT2D eigenvalue weighted by Crippen LogP contribution is -1.94. The first-order valence-electron chi connectivity index (χ1n) is 6.56. The number of aromatic nitrogens is 2. The summed E-state index contributed by atoms with van der Waals surface area (Å²) in [5.74, 6) is 0.680. The highest BCUT2D eigenvalue weighted by molar-refractivity contribution is 6.34. The third-order valence-corrected chi connectivity index (χ3v) is 3.64. The fourth-order valence-electron chi connectivity index (χ4n) is 2.53. The second kappa shape index (κ2) is 4.88. The van der Waals surface area contributed by atoms with Gasteiger partial charge in [0.05, 0.1) is 5.52 Å². The van der Waals surface area contributed by atoms with E-state index in [4.69, 9.17) is 11.6 Å². The number of rotatable bonds is 1. The summed E-state index contributed by atoms with van der Waals surface area (Å²) in [5.41, 5.74) is 5.39. The molecule has 0 fully saturated rings. The van der Waals surface area contributed by atoms with Crippen molar-refractivity contribution in [3.8, 4) is 11.4 Å². The first-order valence-corrected chi connectivity index (χ1v) is 6.94. The van der Waals surface area contributed by atoms with Crippen molar-refractivity contribution in [3.63, 3.8) is 0 Å². The first-order chi connectivity index (χ1) is 9.54. The summed E-state index contributed by atoms with van der Waals surface area (Å²) < 4.78 is 0. The van der Waals surface area contributed by atoms with Crippen LogP contribution in [0.15, 0.2) is 36.4 Å². The van der Waals surface area contributed by atoms with Gasteiger partial charge in [-0.25, -0.2) is 9.97 Å². The van der Waals surface area contributed by atoms with Gasteiger partial charge in [0.1, 0.15) is 5.15 Å². The molecule has 3 aromatic rings. The number of aryl methyl sites for hydroxylation is 3. The molecule has 1 aromatic heterocycles. The Kier molecular flexibility index (Phi) is 3.19. The molecule has 100 valence electrons. The Balaban J connectivity index is 2.27. The zero-order valence-corrected chi connectivity index (χ0v) is 12.5. The normalized spacial score (nSPS) is 11.0. The summed E-state index contributed by atoms with van der Waals surface area (Å²) >= 11 is 6.35. The van der Waals surface area contributed by atoms with Crippen LogP contribution in [0.4, 0.5) is 0 Å². The molecule has 2 aromatic carbocycles. The van der Waals surface area contributed by atoms with Crippen molar-refractivity contribution >= 4 is 22.5 Å². The van der Waals surface area contributed by atoms with Crippen molar-refractivity contribution in [1.82, 2.24) is 9.97 Å². The first kappa shape index (κ1) is 13.1. The maximum Gasteiger partial charge on any atom is 0.161 e. The highest BCUT2D eigenvalue weighted by Crippen LogP contribution is 2.27. The minimum atomic E-state index is 0.516. The van der Waals surface area contributed by atoms with Crippen LogP contribution in [0.1, 0.15) is 16.7 Å². The summed E-state index contributed by atoms with van der Waals surface area (Å²) in [7, 11) is 0. The molecule has 0 atom stereocenters. The Morgan fingerprint density at radius 1 is 0.900 bits per heavy atom. The molecule has 3 heteroatoms. The van der Waals surface area contributed by atoms with Gasteiger partial charge in [-0.15, -0.1) is 0 Å². The maximum atomic E-state index is 6.35. The molecule has 2 nitrogen and oxygen atoms in total. The Labute approximate surface area is 123 Å². The van der Waals surface area contributed by atoms with Crippen LogP contribution in [0, 0.1) is 20.8 Å². The summed E-state index contributed by atoms with van der Waals surface area (Å²) in [6, 6.07) is 12.3. The molecule has 0 aliphatic rings. The molecule has 0 spiro atoms. The molecule has 0 bridgehead atoms. The highest BCUT2D eigenvalue weighted by atomic mass is 35.5. The average Bonchev–Trinajstić information content (AvgIpc) is 2.37. The lowest BCUT2D eigenvalue weighted by Gasteiger charge is -2.08. The van der Waals surface area contributed by atoms with E-state index in [1.807, 2.05) is 25.1 Å². The van der Waals surface area contributed by atoms with Gasteiger partial charge in [-0.3, -0.25) is 0 Å². The molecule has 0 saturated carbocycles. The standard InChI is InChI=1S/C17H15ClN2/c1-10-7-11(2)9-13(8-10)17-19-14-6-4-5-12(3)15(14)16(18)20-17/h4-9H,1-3H3. The number of halogens is 1. The molecule has 0 radical (unpaired) electrons. The highest BCUT2D eigenvalue weighted by Gasteiger charge is 2.10. The Hall–Kier alpha value is -1.93. The number of nitrogens with zero attached hydrogens (tertiary/aromatic N) is 2. The summed E-state index contributed by atoms with van der Waals surface area (Å²) in [6.45, 7) is 6.17. The summed E-state index contributed by atoms with van der Waals surface area (Å²) in [5, 5.41) is 1.45. The van der Waals surface area contributed by atoms with Gasteiger partial charge < -0.3 is 0 Å². The van der Waals surface area contributed by atoms with Gasteiger partial charge in [-0.05, 0) is 44.5 Å². The minimum absolute atomic E-state index is 0.516. The van der Waals surface area contributed by atoms with E-state index in [-0.39, 0.29) is 0 Å². The predicted molar refractivity (Wildman–Crippen MR) is 84.2 cm³/mol. The lowest BCUT2D eigenvalue weighted by molar-refractivity contribution is 1.21. The SMILES string of the molecule is Cc1cc(C)cc(-c2nc(Cl)c3c(C)cccc3n2)c1. The maximum absolute atomic E-state index is 6.35. The molecular formula is C17H15ClN2. The van der Waals surface area contributed by atoms with Crippen LogP contribution in [0.2, 0.25) is 5.15 Å². The number of hydrogen-bond donors (Lipinski definition) is 0. The second-order valence-electron chi connectivity index (χ2n) is 5.18. The zero-order valence-electron chi connectivity index (χ0n) is 11.7. The predicted octanol–water partition coefficient (Wildman–Crippen LogP) is 4.88. The van der Waals surface area contributed by atoms with E-state index < -0.39 is 0 Å². The van der Waals surface area contributed by atoms with E-state index >= 15 is 0 Å². The van der Waals surface area contributed by atoms with Crippen molar-refractivity contribution < 1.29 is 0 Å². The van der Waals surface area contributed by atoms with E-state index in [0.717, 1.165) is 22.0 Å². The average molecular weight is 283 g/mol. The molecule has 0 saturated heterocycles. The van der Waals surface area contributed by atoms with Crippen LogP contribution in [0.3, 0.4) is 0 Å². The summed E-state index contributed by atoms with van der Waals surface area (Å²) in [6.07, 6.45) is 0. The molecule has 0 amide bonds. The Bertz CT molecular complexity index is 789. The van der Waals surface area contributed by atoms with Gasteiger partial charge in [0.2, 0.25) is 0 Å². The number of benzene rings is 2. The van der Waals surface area contributed by atoms with Crippen LogP contribution in [-0.2, 0) is 0 Å². The van der Waals surface area contributed by atoms with E-state index in [2.05, 4.69) is 42.0 Å². The van der Waals surface area contributed by atoms with Gasteiger partial charge in [0.25, 0.3) is 0 Å². The quantitative estimate of drug-likeness (QED) is 0.595. The number of hydrogen-bond acceptors (Lipinski definition) is 2. The van der Waals surface area contributed by atoms with Crippen LogP contribution in [0.25, 0.3) is 22.3 Å². The van der Waals surface area contributed by atoms with Gasteiger partial charge in [-0.1, -0.05) is 40.9 Å². The van der Waals surface area contributed by atoms with E-state index in [1.165, 1.54) is 11.1 Å². The molecule has 3 rings (SSSR count). The van der Waals surface area contributed by atoms with Gasteiger partial charge in [0.15, 0.2) is 5.82 Å². The monoisotopic (exact) mass is 282 g/mol. The van der Waals surface area contributed by atoms with Gasteiger partial charge in [0, 0.05) is 10.9 Å². The van der Waals surface area contributed by atoms with Crippen LogP contribution >= 0.6 is 11.6 Å². The Morgan fingerprint density at radius 2 is 1.60 bits per heavy atom. The molecule has 0 aliphatic heterocycles. The zero-order chi connectivity index (χ0) is 14.3. The fraction of sp³-hybridized carbons (Fsp3) is 0.176. The lowest BCUT2D eigenvalue weighted by atomic mass is 10.1. The van der Waals surface area contributed by atoms with Crippen LogP contribution in [-0.4, -0.2) is 9.97 Å². The third-order valence-electron chi connectivity index (χ3n) is 3.37. The van der Waals surface area contributed by atoms with Crippen LogP contribution < -0.4 is 0 Å². The fourth-order valence-corrected chi connectivity index (χ4v) is 2.86. The molecular weight excluding hydrogens is 268 g/mol. The van der Waals surface area contributed by atoms with E-state index in [0.29, 0.717) is 11.0 Å². The van der Waals surface area contributed by atoms with Crippen molar-refractivity contribution in [1.29, 1.82) is 0 Å². The van der Waals surface area contributed by atoms with Gasteiger partial charge in [-0.2, -0.15) is 0 Å². The largest absolute Gasteiger partial charge is 0.228 e. The molecule has 0 N–H and O–H groups in total. The second-order valence-corrected chi connectivity index (χ2v) is 5.54. The molecule has 20 heavy (non-hydrogen) atoms. The minimum Gasteiger partial charge on any atom is -0.228 e. The molecule has 0 aliphatic carbocycles. The third kappa shape index (κ3) is 2.27. The van der Waals surface area contributed by atoms with E-state index in [9.17, 15) is 0 Å².